The maximum Gasteiger partial charge on any atom is 0.255 e. The molecule has 2 heterocycles. The second-order valence-corrected chi connectivity index (χ2v) is 5.99. The Balaban J connectivity index is 1.62. The lowest BCUT2D eigenvalue weighted by molar-refractivity contribution is 0.102. The van der Waals surface area contributed by atoms with E-state index in [9.17, 15) is 4.79 Å². The van der Waals surface area contributed by atoms with Crippen LogP contribution in [0.15, 0.2) is 60.0 Å². The monoisotopic (exact) mass is 323 g/mol. The normalized spacial score (nSPS) is 12.2. The molecule has 4 rings (SSSR count). The molecule has 1 N–H and O–H groups in total. The van der Waals surface area contributed by atoms with E-state index in [1.807, 2.05) is 41.8 Å². The number of hydrogen-bond donors (Lipinski definition) is 1. The third-order valence-corrected chi connectivity index (χ3v) is 4.50. The largest absolute Gasteiger partial charge is 0.454 e. The number of ether oxygens (including phenoxy) is 2. The number of fused-ring (bicyclic) bond motifs is 1. The lowest BCUT2D eigenvalue weighted by atomic mass is 10.1. The first-order valence-corrected chi connectivity index (χ1v) is 8.03. The van der Waals surface area contributed by atoms with E-state index in [1.165, 1.54) is 0 Å². The standard InChI is InChI=1S/C18H13NO3S/c20-18(12-7-8-15-16(10-12)22-11-21-15)19-14-5-2-1-4-13(14)17-6-3-9-23-17/h1-10H,11H2,(H,19,20). The van der Waals surface area contributed by atoms with Crippen molar-refractivity contribution in [3.8, 4) is 21.9 Å². The van der Waals surface area contributed by atoms with E-state index in [2.05, 4.69) is 5.32 Å². The van der Waals surface area contributed by atoms with Crippen molar-refractivity contribution in [1.82, 2.24) is 0 Å². The van der Waals surface area contributed by atoms with Crippen molar-refractivity contribution < 1.29 is 14.3 Å². The number of thiophene rings is 1. The number of benzene rings is 2. The minimum Gasteiger partial charge on any atom is -0.454 e. The predicted octanol–water partition coefficient (Wildman–Crippen LogP) is 4.40. The molecule has 4 nitrogen and oxygen atoms in total. The first-order valence-electron chi connectivity index (χ1n) is 7.15. The maximum atomic E-state index is 12.5. The molecule has 1 aliphatic heterocycles. The molecule has 0 bridgehead atoms. The Morgan fingerprint density at radius 3 is 2.74 bits per heavy atom. The summed E-state index contributed by atoms with van der Waals surface area (Å²) < 4.78 is 10.6. The van der Waals surface area contributed by atoms with Gasteiger partial charge in [-0.15, -0.1) is 11.3 Å². The van der Waals surface area contributed by atoms with Crippen molar-refractivity contribution >= 4 is 22.9 Å². The van der Waals surface area contributed by atoms with Crippen molar-refractivity contribution in [2.75, 3.05) is 12.1 Å². The Morgan fingerprint density at radius 2 is 1.87 bits per heavy atom. The molecule has 0 atom stereocenters. The average Bonchev–Trinajstić information content (AvgIpc) is 3.26. The van der Waals surface area contributed by atoms with E-state index in [4.69, 9.17) is 9.47 Å². The zero-order valence-corrected chi connectivity index (χ0v) is 12.9. The molecular weight excluding hydrogens is 310 g/mol. The Kier molecular flexibility index (Phi) is 3.48. The molecule has 0 fully saturated rings. The van der Waals surface area contributed by atoms with Crippen LogP contribution in [0.4, 0.5) is 5.69 Å². The van der Waals surface area contributed by atoms with Gasteiger partial charge >= 0.3 is 0 Å². The molecule has 1 aromatic heterocycles. The quantitative estimate of drug-likeness (QED) is 0.777. The van der Waals surface area contributed by atoms with Crippen LogP contribution < -0.4 is 14.8 Å². The molecule has 5 heteroatoms. The van der Waals surface area contributed by atoms with Crippen molar-refractivity contribution in [3.05, 3.63) is 65.5 Å². The molecule has 2 aromatic carbocycles. The average molecular weight is 323 g/mol. The number of carbonyl (C=O) groups excluding carboxylic acids is 1. The molecule has 0 saturated carbocycles. The predicted molar refractivity (Wildman–Crippen MR) is 90.3 cm³/mol. The first-order chi connectivity index (χ1) is 11.3. The summed E-state index contributed by atoms with van der Waals surface area (Å²) in [5.41, 5.74) is 2.34. The van der Waals surface area contributed by atoms with E-state index in [1.54, 1.807) is 29.5 Å². The van der Waals surface area contributed by atoms with Gasteiger partial charge in [0.15, 0.2) is 11.5 Å². The molecule has 0 unspecified atom stereocenters. The van der Waals surface area contributed by atoms with Gasteiger partial charge in [-0.25, -0.2) is 0 Å². The second-order valence-electron chi connectivity index (χ2n) is 5.05. The maximum absolute atomic E-state index is 12.5. The van der Waals surface area contributed by atoms with Gasteiger partial charge in [0.25, 0.3) is 5.91 Å². The van der Waals surface area contributed by atoms with Gasteiger partial charge in [-0.05, 0) is 35.7 Å². The van der Waals surface area contributed by atoms with Gasteiger partial charge < -0.3 is 14.8 Å². The smallest absolute Gasteiger partial charge is 0.255 e. The lowest BCUT2D eigenvalue weighted by Crippen LogP contribution is -2.12. The van der Waals surface area contributed by atoms with Crippen LogP contribution in [0.3, 0.4) is 0 Å². The van der Waals surface area contributed by atoms with Crippen LogP contribution in [0, 0.1) is 0 Å². The molecular formula is C18H13NO3S. The fourth-order valence-corrected chi connectivity index (χ4v) is 3.24. The highest BCUT2D eigenvalue weighted by Crippen LogP contribution is 2.34. The van der Waals surface area contributed by atoms with Crippen LogP contribution in [0.5, 0.6) is 11.5 Å². The topological polar surface area (TPSA) is 47.6 Å². The van der Waals surface area contributed by atoms with E-state index < -0.39 is 0 Å². The van der Waals surface area contributed by atoms with Crippen LogP contribution in [-0.2, 0) is 0 Å². The van der Waals surface area contributed by atoms with E-state index >= 15 is 0 Å². The number of amides is 1. The summed E-state index contributed by atoms with van der Waals surface area (Å²) in [6.45, 7) is 0.196. The molecule has 0 radical (unpaired) electrons. The Labute approximate surface area is 137 Å². The van der Waals surface area contributed by atoms with Crippen LogP contribution in [0.1, 0.15) is 10.4 Å². The summed E-state index contributed by atoms with van der Waals surface area (Å²) in [5, 5.41) is 5.00. The summed E-state index contributed by atoms with van der Waals surface area (Å²) in [5.74, 6) is 1.09. The highest BCUT2D eigenvalue weighted by Gasteiger charge is 2.17. The van der Waals surface area contributed by atoms with Gasteiger partial charge in [-0.1, -0.05) is 24.3 Å². The second kappa shape index (κ2) is 5.78. The summed E-state index contributed by atoms with van der Waals surface area (Å²) in [7, 11) is 0. The lowest BCUT2D eigenvalue weighted by Gasteiger charge is -2.10. The van der Waals surface area contributed by atoms with Crippen molar-refractivity contribution in [1.29, 1.82) is 0 Å². The van der Waals surface area contributed by atoms with Gasteiger partial charge in [0.1, 0.15) is 0 Å². The summed E-state index contributed by atoms with van der Waals surface area (Å²) in [6.07, 6.45) is 0. The third-order valence-electron chi connectivity index (χ3n) is 3.60. The van der Waals surface area contributed by atoms with E-state index in [0.717, 1.165) is 16.1 Å². The Hall–Kier alpha value is -2.79. The van der Waals surface area contributed by atoms with Crippen LogP contribution in [0.25, 0.3) is 10.4 Å². The number of nitrogens with one attached hydrogen (secondary N) is 1. The molecule has 3 aromatic rings. The molecule has 1 aliphatic rings. The number of hydrogen-bond acceptors (Lipinski definition) is 4. The van der Waals surface area contributed by atoms with Crippen LogP contribution >= 0.6 is 11.3 Å². The minimum absolute atomic E-state index is 0.174. The van der Waals surface area contributed by atoms with Crippen molar-refractivity contribution in [2.45, 2.75) is 0 Å². The molecule has 0 aliphatic carbocycles. The molecule has 114 valence electrons. The summed E-state index contributed by atoms with van der Waals surface area (Å²) in [4.78, 5) is 13.6. The SMILES string of the molecule is O=C(Nc1ccccc1-c1cccs1)c1ccc2c(c1)OCO2. The fourth-order valence-electron chi connectivity index (χ4n) is 2.47. The zero-order valence-electron chi connectivity index (χ0n) is 12.1. The molecule has 23 heavy (non-hydrogen) atoms. The van der Waals surface area contributed by atoms with Gasteiger partial charge in [0, 0.05) is 21.7 Å². The summed E-state index contributed by atoms with van der Waals surface area (Å²) in [6, 6.07) is 17.0. The molecule has 1 amide bonds. The van der Waals surface area contributed by atoms with Gasteiger partial charge in [-0.2, -0.15) is 0 Å². The van der Waals surface area contributed by atoms with E-state index in [0.29, 0.717) is 17.1 Å². The van der Waals surface area contributed by atoms with Gasteiger partial charge in [-0.3, -0.25) is 4.79 Å². The number of carbonyl (C=O) groups is 1. The Bertz CT molecular complexity index is 858. The fraction of sp³-hybridized carbons (Fsp3) is 0.0556. The number of anilines is 1. The first kappa shape index (κ1) is 13.8. The minimum atomic E-state index is -0.174. The molecule has 0 saturated heterocycles. The Morgan fingerprint density at radius 1 is 1.00 bits per heavy atom. The highest BCUT2D eigenvalue weighted by molar-refractivity contribution is 7.13. The number of rotatable bonds is 3. The zero-order chi connectivity index (χ0) is 15.6. The van der Waals surface area contributed by atoms with Crippen molar-refractivity contribution in [2.24, 2.45) is 0 Å². The highest BCUT2D eigenvalue weighted by atomic mass is 32.1. The van der Waals surface area contributed by atoms with E-state index in [-0.39, 0.29) is 12.7 Å². The van der Waals surface area contributed by atoms with Crippen LogP contribution in [0.2, 0.25) is 0 Å². The van der Waals surface area contributed by atoms with Gasteiger partial charge in [0.05, 0.1) is 0 Å². The third kappa shape index (κ3) is 2.66. The van der Waals surface area contributed by atoms with Crippen molar-refractivity contribution in [3.63, 3.8) is 0 Å². The van der Waals surface area contributed by atoms with Crippen LogP contribution in [-0.4, -0.2) is 12.7 Å². The summed E-state index contributed by atoms with van der Waals surface area (Å²) >= 11 is 1.64. The molecule has 0 spiro atoms. The van der Waals surface area contributed by atoms with Gasteiger partial charge in [0.2, 0.25) is 6.79 Å². The number of para-hydroxylation sites is 1.